The number of benzene rings is 15. The van der Waals surface area contributed by atoms with E-state index in [1.54, 1.807) is 0 Å². The van der Waals surface area contributed by atoms with Crippen molar-refractivity contribution in [2.45, 2.75) is 0 Å². The first-order chi connectivity index (χ1) is 48.5. The van der Waals surface area contributed by atoms with E-state index in [9.17, 15) is 0 Å². The summed E-state index contributed by atoms with van der Waals surface area (Å²) in [7, 11) is 0. The molecule has 5 nitrogen and oxygen atoms in total. The zero-order chi connectivity index (χ0) is 63.8. The number of aromatic nitrogens is 5. The van der Waals surface area contributed by atoms with Gasteiger partial charge in [0.05, 0.1) is 44.3 Å². The van der Waals surface area contributed by atoms with Gasteiger partial charge in [-0.15, -0.1) is 34.0 Å². The molecular weight excluding hydrogens is 1250 g/mol. The molecular formula is C90H51N5S3. The van der Waals surface area contributed by atoms with E-state index in [4.69, 9.17) is 9.97 Å². The van der Waals surface area contributed by atoms with E-state index in [0.29, 0.717) is 5.95 Å². The van der Waals surface area contributed by atoms with Crippen molar-refractivity contribution in [2.75, 3.05) is 0 Å². The zero-order valence-electron chi connectivity index (χ0n) is 52.4. The van der Waals surface area contributed by atoms with Crippen molar-refractivity contribution >= 4 is 182 Å². The number of thiophene rings is 3. The van der Waals surface area contributed by atoms with E-state index in [-0.39, 0.29) is 0 Å². The van der Waals surface area contributed by atoms with Gasteiger partial charge in [-0.25, -0.2) is 9.97 Å². The van der Waals surface area contributed by atoms with Crippen LogP contribution in [0.2, 0.25) is 0 Å². The third kappa shape index (κ3) is 8.11. The Balaban J connectivity index is 0.726. The maximum atomic E-state index is 5.86. The van der Waals surface area contributed by atoms with Crippen LogP contribution in [0.4, 0.5) is 0 Å². The summed E-state index contributed by atoms with van der Waals surface area (Å²) in [5.41, 5.74) is 18.7. The van der Waals surface area contributed by atoms with Gasteiger partial charge in [0.1, 0.15) is 0 Å². The molecule has 0 saturated carbocycles. The quantitative estimate of drug-likeness (QED) is 0.160. The molecule has 454 valence electrons. The number of para-hydroxylation sites is 3. The SMILES string of the molecule is c1ccc2c(c1)sc1cc(-c3ccc4c5ccccc5n(-c5ccc6cc(-c7nc(-n8c9ccccc9c9ccc(-c%10ccc%11c(c%10)sc%10ccccc%10%11)cc98)nc8ccc(-n9c%10ccccc%10c%10ccc(-c%11ccc%12c(c%11)sc%11ccccc%11%12)cc%109)cc78)ccc6c5)c4c3)ccc12. The minimum absolute atomic E-state index is 0.616. The van der Waals surface area contributed by atoms with Gasteiger partial charge in [0, 0.05) is 115 Å². The normalized spacial score (nSPS) is 12.3. The lowest BCUT2D eigenvalue weighted by atomic mass is 10.0. The monoisotopic (exact) mass is 1300 g/mol. The van der Waals surface area contributed by atoms with Crippen molar-refractivity contribution in [1.29, 1.82) is 0 Å². The molecule has 0 fully saturated rings. The average Bonchev–Trinajstić information content (AvgIpc) is 1.52. The van der Waals surface area contributed by atoms with E-state index in [1.165, 1.54) is 121 Å². The van der Waals surface area contributed by atoms with Crippen LogP contribution in [0, 0.1) is 0 Å². The summed E-state index contributed by atoms with van der Waals surface area (Å²) in [4.78, 5) is 11.5. The molecule has 0 aliphatic carbocycles. The second-order valence-corrected chi connectivity index (χ2v) is 29.3. The van der Waals surface area contributed by atoms with Gasteiger partial charge in [0.2, 0.25) is 5.95 Å². The topological polar surface area (TPSA) is 40.6 Å². The van der Waals surface area contributed by atoms with Crippen LogP contribution in [-0.2, 0) is 0 Å². The molecule has 0 atom stereocenters. The van der Waals surface area contributed by atoms with Crippen molar-refractivity contribution in [1.82, 2.24) is 23.7 Å². The summed E-state index contributed by atoms with van der Waals surface area (Å²) in [6, 6.07) is 115. The van der Waals surface area contributed by atoms with Crippen LogP contribution in [0.25, 0.3) is 210 Å². The Hall–Kier alpha value is -12.0. The van der Waals surface area contributed by atoms with Crippen LogP contribution < -0.4 is 0 Å². The highest BCUT2D eigenvalue weighted by Gasteiger charge is 2.23. The minimum Gasteiger partial charge on any atom is -0.309 e. The highest BCUT2D eigenvalue weighted by atomic mass is 32.1. The number of nitrogens with zero attached hydrogens (tertiary/aromatic N) is 5. The first kappa shape index (κ1) is 54.2. The summed E-state index contributed by atoms with van der Waals surface area (Å²) >= 11 is 5.58. The highest BCUT2D eigenvalue weighted by Crippen LogP contribution is 2.45. The smallest absolute Gasteiger partial charge is 0.235 e. The van der Waals surface area contributed by atoms with Crippen LogP contribution in [0.1, 0.15) is 0 Å². The number of rotatable bonds is 7. The maximum absolute atomic E-state index is 5.86. The standard InChI is InChI=1S/C90H51N5S3/c1-7-19-77-63(13-1)66-36-28-54(57-31-39-72-69-16-4-10-22-83(69)96-86(72)48-57)45-80(66)93(77)61-34-27-52-43-60(26-25-53(52)44-61)89-75-51-62(94-78-20-8-2-14-64(78)67-37-29-55(46-81(67)94)58-32-40-73-70-17-5-11-23-84(70)97-87(73)49-58)35-42-76(75)91-90(92-89)95-79-21-9-3-15-65(79)68-38-30-56(47-82(68)95)59-33-41-74-71-18-6-12-24-85(71)98-88(74)50-59/h1-51H. The first-order valence-corrected chi connectivity index (χ1v) is 35.7. The van der Waals surface area contributed by atoms with Crippen LogP contribution in [0.5, 0.6) is 0 Å². The van der Waals surface area contributed by atoms with Gasteiger partial charge >= 0.3 is 0 Å². The summed E-state index contributed by atoms with van der Waals surface area (Å²) < 4.78 is 15.0. The van der Waals surface area contributed by atoms with Crippen molar-refractivity contribution in [3.63, 3.8) is 0 Å². The largest absolute Gasteiger partial charge is 0.309 e. The minimum atomic E-state index is 0.616. The average molecular weight is 1300 g/mol. The van der Waals surface area contributed by atoms with E-state index in [0.717, 1.165) is 82.7 Å². The second kappa shape index (κ2) is 20.7. The Morgan fingerprint density at radius 2 is 0.541 bits per heavy atom. The molecule has 0 aliphatic rings. The molecule has 0 saturated heterocycles. The van der Waals surface area contributed by atoms with Crippen molar-refractivity contribution in [3.05, 3.63) is 309 Å². The second-order valence-electron chi connectivity index (χ2n) is 26.0. The van der Waals surface area contributed by atoms with Crippen molar-refractivity contribution in [2.24, 2.45) is 0 Å². The molecule has 15 aromatic carbocycles. The molecule has 0 N–H and O–H groups in total. The van der Waals surface area contributed by atoms with Gasteiger partial charge in [-0.2, -0.15) is 0 Å². The summed E-state index contributed by atoms with van der Waals surface area (Å²) in [5.74, 6) is 0.616. The third-order valence-electron chi connectivity index (χ3n) is 20.6. The molecule has 7 aromatic heterocycles. The molecule has 0 unspecified atom stereocenters. The Morgan fingerprint density at radius 1 is 0.204 bits per heavy atom. The van der Waals surface area contributed by atoms with Gasteiger partial charge in [-0.05, 0) is 153 Å². The lowest BCUT2D eigenvalue weighted by Crippen LogP contribution is -2.04. The number of hydrogen-bond donors (Lipinski definition) is 0. The maximum Gasteiger partial charge on any atom is 0.235 e. The Labute approximate surface area is 572 Å². The Kier molecular flexibility index (Phi) is 11.5. The molecule has 7 heterocycles. The number of fused-ring (bicyclic) bond motifs is 20. The van der Waals surface area contributed by atoms with Crippen LogP contribution in [0.15, 0.2) is 309 Å². The predicted octanol–water partition coefficient (Wildman–Crippen LogP) is 25.8. The van der Waals surface area contributed by atoms with E-state index >= 15 is 0 Å². The highest BCUT2D eigenvalue weighted by molar-refractivity contribution is 7.26. The first-order valence-electron chi connectivity index (χ1n) is 33.2. The lowest BCUT2D eigenvalue weighted by molar-refractivity contribution is 1.01. The van der Waals surface area contributed by atoms with Crippen molar-refractivity contribution < 1.29 is 0 Å². The summed E-state index contributed by atoms with van der Waals surface area (Å²) in [5, 5.41) is 18.2. The fourth-order valence-electron chi connectivity index (χ4n) is 16.0. The van der Waals surface area contributed by atoms with Crippen LogP contribution >= 0.6 is 34.0 Å². The van der Waals surface area contributed by atoms with E-state index < -0.39 is 0 Å². The molecule has 0 radical (unpaired) electrons. The van der Waals surface area contributed by atoms with Crippen molar-refractivity contribution in [3.8, 4) is 62.0 Å². The molecule has 98 heavy (non-hydrogen) atoms. The predicted molar refractivity (Wildman–Crippen MR) is 420 cm³/mol. The fourth-order valence-corrected chi connectivity index (χ4v) is 19.5. The summed E-state index contributed by atoms with van der Waals surface area (Å²) in [6.07, 6.45) is 0. The Bertz CT molecular complexity index is 7210. The van der Waals surface area contributed by atoms with Gasteiger partial charge in [0.25, 0.3) is 0 Å². The molecule has 22 aromatic rings. The number of hydrogen-bond acceptors (Lipinski definition) is 5. The van der Waals surface area contributed by atoms with Gasteiger partial charge in [-0.1, -0.05) is 200 Å². The van der Waals surface area contributed by atoms with E-state index in [1.807, 2.05) is 34.0 Å². The molecule has 0 aliphatic heterocycles. The van der Waals surface area contributed by atoms with Crippen LogP contribution in [-0.4, -0.2) is 23.7 Å². The van der Waals surface area contributed by atoms with Gasteiger partial charge in [-0.3, -0.25) is 4.57 Å². The summed E-state index contributed by atoms with van der Waals surface area (Å²) in [6.45, 7) is 0. The van der Waals surface area contributed by atoms with Gasteiger partial charge < -0.3 is 9.13 Å². The fraction of sp³-hybridized carbons (Fsp3) is 0. The lowest BCUT2D eigenvalue weighted by Gasteiger charge is -2.15. The molecule has 8 heteroatoms. The van der Waals surface area contributed by atoms with Crippen LogP contribution in [0.3, 0.4) is 0 Å². The third-order valence-corrected chi connectivity index (χ3v) is 24.0. The molecule has 0 amide bonds. The van der Waals surface area contributed by atoms with E-state index in [2.05, 4.69) is 323 Å². The zero-order valence-corrected chi connectivity index (χ0v) is 54.9. The molecule has 0 bridgehead atoms. The molecule has 0 spiro atoms. The van der Waals surface area contributed by atoms with Gasteiger partial charge in [0.15, 0.2) is 0 Å². The Morgan fingerprint density at radius 3 is 1.02 bits per heavy atom. The molecule has 22 rings (SSSR count).